The van der Waals surface area contributed by atoms with E-state index in [9.17, 15) is 19.0 Å². The average molecular weight is 1250 g/mol. The molecule has 0 aliphatic rings. The Kier molecular flexibility index (Phi) is 66.4. The number of ether oxygens (including phenoxy) is 2. The first-order valence-electron chi connectivity index (χ1n) is 37.3. The van der Waals surface area contributed by atoms with Crippen LogP contribution in [-0.4, -0.2) is 74.9 Å². The van der Waals surface area contributed by atoms with Crippen molar-refractivity contribution in [2.45, 2.75) is 354 Å². The molecule has 0 rings (SSSR count). The van der Waals surface area contributed by atoms with E-state index in [4.69, 9.17) is 18.5 Å². The second kappa shape index (κ2) is 68.6. The minimum Gasteiger partial charge on any atom is -0.462 e. The summed E-state index contributed by atoms with van der Waals surface area (Å²) in [6.07, 6.45) is 94.5. The van der Waals surface area contributed by atoms with E-state index in [1.807, 2.05) is 21.1 Å². The summed E-state index contributed by atoms with van der Waals surface area (Å²) < 4.78 is 34.7. The number of hydrogen-bond donors (Lipinski definition) is 1. The van der Waals surface area contributed by atoms with Crippen molar-refractivity contribution in [3.8, 4) is 0 Å². The lowest BCUT2D eigenvalue weighted by atomic mass is 10.0. The van der Waals surface area contributed by atoms with Gasteiger partial charge in [-0.1, -0.05) is 349 Å². The summed E-state index contributed by atoms with van der Waals surface area (Å²) in [7, 11) is 1.46. The quantitative estimate of drug-likeness (QED) is 0.0211. The highest BCUT2D eigenvalue weighted by Gasteiger charge is 2.27. The van der Waals surface area contributed by atoms with Crippen LogP contribution in [0.2, 0.25) is 0 Å². The molecule has 0 aliphatic carbocycles. The Balaban J connectivity index is 3.97. The lowest BCUT2D eigenvalue weighted by Crippen LogP contribution is -2.37. The molecule has 0 saturated heterocycles. The summed E-state index contributed by atoms with van der Waals surface area (Å²) in [5.74, 6) is -0.827. The van der Waals surface area contributed by atoms with Crippen molar-refractivity contribution >= 4 is 19.8 Å². The van der Waals surface area contributed by atoms with Crippen molar-refractivity contribution in [1.29, 1.82) is 0 Å². The standard InChI is InChI=1S/C78H142NO8P/c1-6-8-10-12-14-16-18-20-22-24-26-28-30-32-33-34-35-36-37-38-39-40-41-42-43-44-45-47-48-50-52-54-56-58-60-62-64-66-68-70-77(80)84-74-76(75-86-88(82,83)85-73-72-79(3,4)5)87-78(81)71-69-67-65-63-61-59-57-55-53-51-49-46-31-29-27-25-23-21-19-17-15-13-11-9-7-2/h9,11,15,17,21,23,27,29,46,49,53,55,59,61,76H,6-8,10,12-14,16,18-20,22,24-26,28,30-45,47-48,50-52,54,56-58,60,62-75H2,1-5H3/p+1/b11-9-,17-15-,23-21-,29-27-,49-46-,55-53-,61-59-. The van der Waals surface area contributed by atoms with Crippen LogP contribution in [0.15, 0.2) is 85.1 Å². The minimum atomic E-state index is -4.41. The summed E-state index contributed by atoms with van der Waals surface area (Å²) in [5, 5.41) is 0. The lowest BCUT2D eigenvalue weighted by molar-refractivity contribution is -0.870. The number of allylic oxidation sites excluding steroid dienone is 14. The van der Waals surface area contributed by atoms with Gasteiger partial charge in [0.05, 0.1) is 27.7 Å². The van der Waals surface area contributed by atoms with Crippen LogP contribution < -0.4 is 0 Å². The molecule has 0 aromatic rings. The molecule has 0 radical (unpaired) electrons. The van der Waals surface area contributed by atoms with Crippen molar-refractivity contribution < 1.29 is 42.1 Å². The Hall–Kier alpha value is -2.81. The van der Waals surface area contributed by atoms with Gasteiger partial charge in [-0.25, -0.2) is 4.57 Å². The third-order valence-electron chi connectivity index (χ3n) is 16.4. The number of nitrogens with zero attached hydrogens (tertiary/aromatic N) is 1. The molecular weight excluding hydrogens is 1110 g/mol. The molecule has 0 spiro atoms. The molecular formula is C78H143NO8P+. The fourth-order valence-corrected chi connectivity index (χ4v) is 11.5. The minimum absolute atomic E-state index is 0.0220. The molecule has 0 fully saturated rings. The smallest absolute Gasteiger partial charge is 0.462 e. The molecule has 0 aromatic heterocycles. The van der Waals surface area contributed by atoms with Gasteiger partial charge in [0, 0.05) is 12.8 Å². The largest absolute Gasteiger partial charge is 0.472 e. The molecule has 0 aliphatic heterocycles. The number of carbonyl (C=O) groups excluding carboxylic acids is 2. The van der Waals surface area contributed by atoms with Gasteiger partial charge in [-0.3, -0.25) is 18.6 Å². The van der Waals surface area contributed by atoms with Crippen molar-refractivity contribution in [1.82, 2.24) is 0 Å². The van der Waals surface area contributed by atoms with Crippen molar-refractivity contribution in [3.05, 3.63) is 85.1 Å². The Morgan fingerprint density at radius 2 is 0.648 bits per heavy atom. The Labute approximate surface area is 545 Å². The predicted molar refractivity (Wildman–Crippen MR) is 381 cm³/mol. The van der Waals surface area contributed by atoms with Gasteiger partial charge < -0.3 is 18.9 Å². The highest BCUT2D eigenvalue weighted by atomic mass is 31.2. The molecule has 88 heavy (non-hydrogen) atoms. The number of rotatable bonds is 69. The second-order valence-corrected chi connectivity index (χ2v) is 27.8. The van der Waals surface area contributed by atoms with E-state index >= 15 is 0 Å². The van der Waals surface area contributed by atoms with E-state index in [0.717, 1.165) is 83.5 Å². The highest BCUT2D eigenvalue weighted by Crippen LogP contribution is 2.43. The van der Waals surface area contributed by atoms with Crippen LogP contribution in [0.25, 0.3) is 0 Å². The van der Waals surface area contributed by atoms with Gasteiger partial charge in [0.25, 0.3) is 0 Å². The van der Waals surface area contributed by atoms with Gasteiger partial charge in [0.1, 0.15) is 19.8 Å². The molecule has 10 heteroatoms. The van der Waals surface area contributed by atoms with E-state index in [-0.39, 0.29) is 32.0 Å². The van der Waals surface area contributed by atoms with Crippen molar-refractivity contribution in [2.75, 3.05) is 47.5 Å². The Morgan fingerprint density at radius 3 is 0.966 bits per heavy atom. The van der Waals surface area contributed by atoms with E-state index in [1.165, 1.54) is 231 Å². The molecule has 0 heterocycles. The fourth-order valence-electron chi connectivity index (χ4n) is 10.8. The van der Waals surface area contributed by atoms with Crippen LogP contribution in [-0.2, 0) is 32.7 Å². The topological polar surface area (TPSA) is 108 Å². The first-order chi connectivity index (χ1) is 43.0. The van der Waals surface area contributed by atoms with E-state index < -0.39 is 26.5 Å². The van der Waals surface area contributed by atoms with Crippen LogP contribution in [0.3, 0.4) is 0 Å². The van der Waals surface area contributed by atoms with Crippen molar-refractivity contribution in [3.63, 3.8) is 0 Å². The maximum absolute atomic E-state index is 12.9. The summed E-state index contributed by atoms with van der Waals surface area (Å²) >= 11 is 0. The maximum Gasteiger partial charge on any atom is 0.472 e. The molecule has 0 amide bonds. The van der Waals surface area contributed by atoms with E-state index in [0.29, 0.717) is 17.4 Å². The predicted octanol–water partition coefficient (Wildman–Crippen LogP) is 24.5. The zero-order valence-corrected chi connectivity index (χ0v) is 59.4. The maximum atomic E-state index is 12.9. The van der Waals surface area contributed by atoms with Gasteiger partial charge in [-0.05, 0) is 70.6 Å². The first kappa shape index (κ1) is 85.2. The van der Waals surface area contributed by atoms with Crippen LogP contribution >= 0.6 is 7.82 Å². The molecule has 1 N–H and O–H groups in total. The Morgan fingerprint density at radius 1 is 0.364 bits per heavy atom. The summed E-state index contributed by atoms with van der Waals surface area (Å²) in [6, 6.07) is 0. The Bertz CT molecular complexity index is 1760. The highest BCUT2D eigenvalue weighted by molar-refractivity contribution is 7.47. The summed E-state index contributed by atoms with van der Waals surface area (Å²) in [6.45, 7) is 4.32. The number of quaternary nitrogens is 1. The van der Waals surface area contributed by atoms with Gasteiger partial charge in [0.15, 0.2) is 6.10 Å². The SMILES string of the molecule is CC/C=C\C/C=C\C/C=C\C/C=C\C/C=C\C/C=C\C/C=C\CCCCCC(=O)OC(COC(=O)CCCCCCCCCCCCCCCCCCCCCCCCCCCCCCCCCCCCCCCCC)COP(=O)(O)OCC[N+](C)(C)C. The summed E-state index contributed by atoms with van der Waals surface area (Å²) in [5.41, 5.74) is 0. The molecule has 0 saturated carbocycles. The number of carbonyl (C=O) groups is 2. The normalized spacial score (nSPS) is 13.6. The number of hydrogen-bond acceptors (Lipinski definition) is 7. The van der Waals surface area contributed by atoms with Crippen LogP contribution in [0, 0.1) is 0 Å². The number of unbranched alkanes of at least 4 members (excludes halogenated alkanes) is 41. The van der Waals surface area contributed by atoms with Gasteiger partial charge in [-0.2, -0.15) is 0 Å². The zero-order valence-electron chi connectivity index (χ0n) is 58.5. The monoisotopic (exact) mass is 1250 g/mol. The van der Waals surface area contributed by atoms with Crippen LogP contribution in [0.1, 0.15) is 348 Å². The van der Waals surface area contributed by atoms with Gasteiger partial charge in [-0.15, -0.1) is 0 Å². The van der Waals surface area contributed by atoms with Crippen molar-refractivity contribution in [2.24, 2.45) is 0 Å². The second-order valence-electron chi connectivity index (χ2n) is 26.3. The molecule has 512 valence electrons. The molecule has 0 aromatic carbocycles. The molecule has 0 bridgehead atoms. The first-order valence-corrected chi connectivity index (χ1v) is 38.8. The average Bonchev–Trinajstić information content (AvgIpc) is 3.57. The molecule has 2 atom stereocenters. The van der Waals surface area contributed by atoms with Crippen LogP contribution in [0.5, 0.6) is 0 Å². The van der Waals surface area contributed by atoms with Gasteiger partial charge >= 0.3 is 19.8 Å². The van der Waals surface area contributed by atoms with E-state index in [1.54, 1.807) is 0 Å². The van der Waals surface area contributed by atoms with Crippen LogP contribution in [0.4, 0.5) is 0 Å². The summed E-state index contributed by atoms with van der Waals surface area (Å²) in [4.78, 5) is 35.9. The number of phosphoric ester groups is 1. The lowest BCUT2D eigenvalue weighted by Gasteiger charge is -2.24. The zero-order chi connectivity index (χ0) is 64.1. The van der Waals surface area contributed by atoms with E-state index in [2.05, 4.69) is 98.9 Å². The number of likely N-dealkylation sites (N-methyl/N-ethyl adjacent to an activating group) is 1. The van der Waals surface area contributed by atoms with Gasteiger partial charge in [0.2, 0.25) is 0 Å². The molecule has 9 nitrogen and oxygen atoms in total. The third-order valence-corrected chi connectivity index (χ3v) is 17.4. The number of esters is 2. The third kappa shape index (κ3) is 72.3. The number of phosphoric acid groups is 1. The molecule has 2 unspecified atom stereocenters. The fraction of sp³-hybridized carbons (Fsp3) is 0.795.